The van der Waals surface area contributed by atoms with Gasteiger partial charge < -0.3 is 37.9 Å². The number of aromatic nitrogens is 1. The third kappa shape index (κ3) is 8.09. The van der Waals surface area contributed by atoms with Crippen LogP contribution < -0.4 is 33.0 Å². The summed E-state index contributed by atoms with van der Waals surface area (Å²) in [5.41, 5.74) is 22.5. The van der Waals surface area contributed by atoms with E-state index in [1.165, 1.54) is 0 Å². The van der Waals surface area contributed by atoms with Gasteiger partial charge in [0, 0.05) is 26.2 Å². The number of hydrogen-bond acceptors (Lipinski definition) is 10. The second-order valence-corrected chi connectivity index (χ2v) is 7.01. The fraction of sp³-hybridized carbons (Fsp3) is 0.350. The highest BCUT2D eigenvalue weighted by atomic mass is 16.5. The predicted octanol–water partition coefficient (Wildman–Crippen LogP) is -0.435. The monoisotopic (exact) mass is 430 g/mol. The molecule has 0 bridgehead atoms. The zero-order valence-corrected chi connectivity index (χ0v) is 17.6. The first-order valence-corrected chi connectivity index (χ1v) is 9.76. The summed E-state index contributed by atoms with van der Waals surface area (Å²) in [4.78, 5) is 30.8. The Hall–Kier alpha value is -3.41. The smallest absolute Gasteiger partial charge is 0.325 e. The van der Waals surface area contributed by atoms with Crippen molar-refractivity contribution in [1.29, 1.82) is 0 Å². The van der Waals surface area contributed by atoms with Crippen molar-refractivity contribution in [3.63, 3.8) is 0 Å². The number of nitrogen functional groups attached to an aromatic ring is 3. The van der Waals surface area contributed by atoms with Gasteiger partial charge in [0.05, 0.1) is 24.5 Å². The Labute approximate surface area is 181 Å². The molecule has 0 aliphatic carbocycles. The molecule has 0 atom stereocenters. The molecule has 1 aliphatic heterocycles. The molecule has 168 valence electrons. The van der Waals surface area contributed by atoms with Gasteiger partial charge in [-0.1, -0.05) is 12.1 Å². The molecule has 1 amide bonds. The van der Waals surface area contributed by atoms with Gasteiger partial charge >= 0.3 is 5.97 Å². The number of nitrogens with two attached hydrogens (primary N) is 4. The van der Waals surface area contributed by atoms with Crippen LogP contribution in [0.1, 0.15) is 0 Å². The van der Waals surface area contributed by atoms with Crippen molar-refractivity contribution < 1.29 is 14.3 Å². The summed E-state index contributed by atoms with van der Waals surface area (Å²) in [6.45, 7) is 4.00. The van der Waals surface area contributed by atoms with Gasteiger partial charge in [0.2, 0.25) is 5.91 Å². The summed E-state index contributed by atoms with van der Waals surface area (Å²) in [5, 5.41) is 2.45. The summed E-state index contributed by atoms with van der Waals surface area (Å²) in [7, 11) is 2.08. The van der Waals surface area contributed by atoms with E-state index in [0.29, 0.717) is 29.5 Å². The molecule has 2 heterocycles. The van der Waals surface area contributed by atoms with Gasteiger partial charge in [-0.05, 0) is 31.3 Å². The second kappa shape index (κ2) is 11.7. The maximum atomic E-state index is 11.8. The van der Waals surface area contributed by atoms with Crippen LogP contribution in [0.2, 0.25) is 0 Å². The Morgan fingerprint density at radius 3 is 2.32 bits per heavy atom. The third-order valence-corrected chi connectivity index (χ3v) is 4.50. The van der Waals surface area contributed by atoms with E-state index < -0.39 is 0 Å². The van der Waals surface area contributed by atoms with Crippen molar-refractivity contribution in [1.82, 2.24) is 14.8 Å². The van der Waals surface area contributed by atoms with Gasteiger partial charge in [0.1, 0.15) is 11.6 Å². The van der Waals surface area contributed by atoms with Crippen molar-refractivity contribution in [2.24, 2.45) is 5.73 Å². The number of nitrogens with one attached hydrogen (secondary N) is 1. The highest BCUT2D eigenvalue weighted by Gasteiger charge is 2.18. The maximum Gasteiger partial charge on any atom is 0.325 e. The van der Waals surface area contributed by atoms with Crippen LogP contribution in [0, 0.1) is 0 Å². The largest absolute Gasteiger partial charge is 0.423 e. The van der Waals surface area contributed by atoms with Gasteiger partial charge in [-0.15, -0.1) is 0 Å². The Morgan fingerprint density at radius 1 is 1.03 bits per heavy atom. The number of esters is 1. The molecule has 0 spiro atoms. The van der Waals surface area contributed by atoms with E-state index in [9.17, 15) is 9.59 Å². The van der Waals surface area contributed by atoms with Crippen LogP contribution in [-0.4, -0.2) is 73.0 Å². The number of benzene rings is 1. The normalized spacial score (nSPS) is 14.3. The Kier molecular flexibility index (Phi) is 9.00. The number of ether oxygens (including phenoxy) is 1. The lowest BCUT2D eigenvalue weighted by molar-refractivity contribution is -0.136. The van der Waals surface area contributed by atoms with Crippen LogP contribution >= 0.6 is 0 Å². The Morgan fingerprint density at radius 2 is 1.71 bits per heavy atom. The zero-order valence-electron chi connectivity index (χ0n) is 17.6. The first-order chi connectivity index (χ1) is 14.8. The lowest BCUT2D eigenvalue weighted by Gasteiger charge is -2.31. The predicted molar refractivity (Wildman–Crippen MR) is 121 cm³/mol. The molecule has 1 saturated heterocycles. The van der Waals surface area contributed by atoms with Gasteiger partial charge in [-0.25, -0.2) is 4.98 Å². The van der Waals surface area contributed by atoms with Crippen LogP contribution in [0.15, 0.2) is 36.4 Å². The maximum absolute atomic E-state index is 11.8. The summed E-state index contributed by atoms with van der Waals surface area (Å²) in [5.74, 6) is 0.405. The number of rotatable bonds is 5. The molecule has 1 fully saturated rings. The fourth-order valence-electron chi connectivity index (χ4n) is 2.67. The van der Waals surface area contributed by atoms with Crippen molar-refractivity contribution in [2.45, 2.75) is 0 Å². The lowest BCUT2D eigenvalue weighted by atomic mass is 10.3. The van der Waals surface area contributed by atoms with Crippen molar-refractivity contribution >= 4 is 34.9 Å². The van der Waals surface area contributed by atoms with Crippen LogP contribution in [0.3, 0.4) is 0 Å². The third-order valence-electron chi connectivity index (χ3n) is 4.50. The van der Waals surface area contributed by atoms with E-state index >= 15 is 0 Å². The number of amides is 1. The Bertz CT molecular complexity index is 884. The molecule has 1 aliphatic rings. The summed E-state index contributed by atoms with van der Waals surface area (Å²) < 4.78 is 5.26. The number of piperazine rings is 1. The van der Waals surface area contributed by atoms with Crippen LogP contribution in [0.5, 0.6) is 5.75 Å². The summed E-state index contributed by atoms with van der Waals surface area (Å²) in [6, 6.07) is 10.2. The summed E-state index contributed by atoms with van der Waals surface area (Å²) >= 11 is 0. The average Bonchev–Trinajstić information content (AvgIpc) is 2.74. The van der Waals surface area contributed by atoms with Crippen LogP contribution in [-0.2, 0) is 9.59 Å². The topological polar surface area (TPSA) is 179 Å². The van der Waals surface area contributed by atoms with Crippen LogP contribution in [0.4, 0.5) is 23.0 Å². The number of pyridine rings is 1. The van der Waals surface area contributed by atoms with E-state index in [1.807, 2.05) is 6.07 Å². The van der Waals surface area contributed by atoms with Gasteiger partial charge in [-0.3, -0.25) is 14.5 Å². The van der Waals surface area contributed by atoms with Crippen LogP contribution in [0.25, 0.3) is 0 Å². The van der Waals surface area contributed by atoms with Crippen molar-refractivity contribution in [2.75, 3.05) is 68.8 Å². The first kappa shape index (κ1) is 23.9. The van der Waals surface area contributed by atoms with Gasteiger partial charge in [0.25, 0.3) is 0 Å². The first-order valence-electron chi connectivity index (χ1n) is 9.76. The van der Waals surface area contributed by atoms with Gasteiger partial charge in [-0.2, -0.15) is 0 Å². The Balaban J connectivity index is 0.000000233. The standard InChI is InChI=1S/C13H19N3O2.C7H11N5O/c1-15-6-8-16(9-7-15)10-13(17)18-12-5-3-2-4-11(12)14;8-3-6(13)11-5-2-1-4(9)7(10)12-5/h2-5H,6-10,14H2,1H3;1-2H,3,8-9H2,(H3,10,11,12,13). The van der Waals surface area contributed by atoms with E-state index in [4.69, 9.17) is 27.7 Å². The zero-order chi connectivity index (χ0) is 22.8. The molecular weight excluding hydrogens is 400 g/mol. The molecule has 0 saturated carbocycles. The van der Waals surface area contributed by atoms with E-state index in [0.717, 1.165) is 26.2 Å². The minimum atomic E-state index is -0.323. The van der Waals surface area contributed by atoms with Crippen molar-refractivity contribution in [3.8, 4) is 5.75 Å². The van der Waals surface area contributed by atoms with E-state index in [-0.39, 0.29) is 24.2 Å². The number of anilines is 4. The quantitative estimate of drug-likeness (QED) is 0.237. The minimum Gasteiger partial charge on any atom is -0.423 e. The van der Waals surface area contributed by atoms with Gasteiger partial charge in [0.15, 0.2) is 5.75 Å². The minimum absolute atomic E-state index is 0.0913. The number of likely N-dealkylation sites (N-methyl/N-ethyl adjacent to an activating group) is 1. The second-order valence-electron chi connectivity index (χ2n) is 7.01. The number of carbonyl (C=O) groups excluding carboxylic acids is 2. The summed E-state index contributed by atoms with van der Waals surface area (Å²) in [6.07, 6.45) is 0. The molecule has 0 unspecified atom stereocenters. The fourth-order valence-corrected chi connectivity index (χ4v) is 2.67. The molecule has 1 aromatic heterocycles. The molecule has 3 rings (SSSR count). The van der Waals surface area contributed by atoms with E-state index in [2.05, 4.69) is 27.1 Å². The molecule has 2 aromatic rings. The lowest BCUT2D eigenvalue weighted by Crippen LogP contribution is -2.46. The molecular formula is C20H30N8O3. The number of para-hydroxylation sites is 2. The number of nitrogens with zero attached hydrogens (tertiary/aromatic N) is 3. The highest BCUT2D eigenvalue weighted by Crippen LogP contribution is 2.20. The molecule has 1 aromatic carbocycles. The van der Waals surface area contributed by atoms with Crippen molar-refractivity contribution in [3.05, 3.63) is 36.4 Å². The highest BCUT2D eigenvalue weighted by molar-refractivity contribution is 5.91. The number of carbonyl (C=O) groups is 2. The SMILES string of the molecule is CN1CCN(CC(=O)Oc2ccccc2N)CC1.NCC(=O)Nc1ccc(N)c(N)n1. The average molecular weight is 431 g/mol. The molecule has 9 N–H and O–H groups in total. The number of hydrogen-bond donors (Lipinski definition) is 5. The molecule has 11 nitrogen and oxygen atoms in total. The molecule has 31 heavy (non-hydrogen) atoms. The molecule has 11 heteroatoms. The molecule has 0 radical (unpaired) electrons. The van der Waals surface area contributed by atoms with E-state index in [1.54, 1.807) is 30.3 Å².